The van der Waals surface area contributed by atoms with Crippen molar-refractivity contribution in [3.63, 3.8) is 0 Å². The average Bonchev–Trinajstić information content (AvgIpc) is 2.99. The highest BCUT2D eigenvalue weighted by molar-refractivity contribution is 8.00. The van der Waals surface area contributed by atoms with Gasteiger partial charge in [0.05, 0.1) is 28.5 Å². The van der Waals surface area contributed by atoms with Crippen molar-refractivity contribution in [2.75, 3.05) is 11.1 Å². The molecular formula is C19H14FN3O3S. The molecule has 0 saturated carbocycles. The third-order valence-electron chi connectivity index (χ3n) is 4.25. The van der Waals surface area contributed by atoms with E-state index in [0.29, 0.717) is 11.5 Å². The van der Waals surface area contributed by atoms with E-state index in [-0.39, 0.29) is 28.3 Å². The first-order chi connectivity index (χ1) is 13.0. The number of hydrogen-bond acceptors (Lipinski definition) is 4. The number of carbonyl (C=O) groups is 2. The lowest BCUT2D eigenvalue weighted by Crippen LogP contribution is -2.15. The largest absolute Gasteiger partial charge is 0.478 e. The summed E-state index contributed by atoms with van der Waals surface area (Å²) in [7, 11) is 0. The molecular weight excluding hydrogens is 369 g/mol. The molecule has 0 spiro atoms. The predicted octanol–water partition coefficient (Wildman–Crippen LogP) is 3.48. The van der Waals surface area contributed by atoms with Crippen LogP contribution in [0.5, 0.6) is 0 Å². The zero-order valence-electron chi connectivity index (χ0n) is 13.9. The number of nitrogens with zero attached hydrogens (tertiary/aromatic N) is 2. The fourth-order valence-electron chi connectivity index (χ4n) is 2.95. The smallest absolute Gasteiger partial charge is 0.335 e. The average molecular weight is 383 g/mol. The third kappa shape index (κ3) is 3.31. The van der Waals surface area contributed by atoms with Crippen molar-refractivity contribution in [1.82, 2.24) is 9.78 Å². The van der Waals surface area contributed by atoms with Gasteiger partial charge in [-0.05, 0) is 42.0 Å². The van der Waals surface area contributed by atoms with E-state index >= 15 is 0 Å². The Hall–Kier alpha value is -3.13. The molecule has 27 heavy (non-hydrogen) atoms. The number of aromatic carboxylic acids is 1. The van der Waals surface area contributed by atoms with Gasteiger partial charge in [-0.1, -0.05) is 12.1 Å². The number of amides is 1. The lowest BCUT2D eigenvalue weighted by Gasteiger charge is -2.14. The second kappa shape index (κ2) is 6.88. The van der Waals surface area contributed by atoms with Crippen LogP contribution in [0.25, 0.3) is 5.69 Å². The molecule has 1 aliphatic rings. The molecule has 2 aromatic carbocycles. The first kappa shape index (κ1) is 17.3. The van der Waals surface area contributed by atoms with Crippen LogP contribution in [0.4, 0.5) is 10.2 Å². The van der Waals surface area contributed by atoms with Gasteiger partial charge in [-0.2, -0.15) is 5.10 Å². The summed E-state index contributed by atoms with van der Waals surface area (Å²) in [6.45, 7) is 0. The molecule has 2 heterocycles. The van der Waals surface area contributed by atoms with Crippen LogP contribution in [0, 0.1) is 5.82 Å². The highest BCUT2D eigenvalue weighted by atomic mass is 32.2. The minimum atomic E-state index is -1.01. The molecule has 1 atom stereocenters. The number of anilines is 1. The number of hydrogen-bond donors (Lipinski definition) is 2. The number of benzene rings is 2. The Morgan fingerprint density at radius 2 is 1.89 bits per heavy atom. The SMILES string of the molecule is O=C1CS[C@H](c2ccc(F)cc2)c2cnn(-c3ccc(C(=O)O)cc3)c2N1. The Bertz CT molecular complexity index is 1020. The van der Waals surface area contributed by atoms with Crippen LogP contribution < -0.4 is 5.32 Å². The van der Waals surface area contributed by atoms with Gasteiger partial charge in [0.15, 0.2) is 0 Å². The van der Waals surface area contributed by atoms with E-state index in [1.165, 1.54) is 36.0 Å². The lowest BCUT2D eigenvalue weighted by molar-refractivity contribution is -0.113. The highest BCUT2D eigenvalue weighted by Gasteiger charge is 2.28. The molecule has 1 aliphatic heterocycles. The number of nitrogens with one attached hydrogen (secondary N) is 1. The van der Waals surface area contributed by atoms with Gasteiger partial charge in [0.1, 0.15) is 11.6 Å². The van der Waals surface area contributed by atoms with Gasteiger partial charge in [0.2, 0.25) is 5.91 Å². The van der Waals surface area contributed by atoms with E-state index in [2.05, 4.69) is 10.4 Å². The molecule has 0 unspecified atom stereocenters. The summed E-state index contributed by atoms with van der Waals surface area (Å²) >= 11 is 1.44. The van der Waals surface area contributed by atoms with Gasteiger partial charge in [-0.3, -0.25) is 4.79 Å². The summed E-state index contributed by atoms with van der Waals surface area (Å²) in [6, 6.07) is 12.4. The Balaban J connectivity index is 1.78. The van der Waals surface area contributed by atoms with Crippen LogP contribution in [0.15, 0.2) is 54.7 Å². The number of fused-ring (bicyclic) bond motifs is 1. The van der Waals surface area contributed by atoms with Gasteiger partial charge in [-0.15, -0.1) is 11.8 Å². The van der Waals surface area contributed by atoms with Crippen molar-refractivity contribution in [1.29, 1.82) is 0 Å². The van der Waals surface area contributed by atoms with Crippen LogP contribution in [0.1, 0.15) is 26.7 Å². The zero-order chi connectivity index (χ0) is 19.0. The molecule has 1 aromatic heterocycles. The summed E-state index contributed by atoms with van der Waals surface area (Å²) in [6.07, 6.45) is 1.67. The molecule has 8 heteroatoms. The normalized spacial score (nSPS) is 16.3. The number of carbonyl (C=O) groups excluding carboxylic acids is 1. The van der Waals surface area contributed by atoms with Gasteiger partial charge >= 0.3 is 5.97 Å². The van der Waals surface area contributed by atoms with E-state index in [1.54, 1.807) is 35.1 Å². The standard InChI is InChI=1S/C19H14FN3O3S/c20-13-5-1-11(2-6-13)17-15-9-21-23(18(15)22-16(24)10-27-17)14-7-3-12(4-8-14)19(25)26/h1-9,17H,10H2,(H,22,24)(H,25,26)/t17-/m1/s1. The third-order valence-corrected chi connectivity index (χ3v) is 5.54. The molecule has 0 fully saturated rings. The fourth-order valence-corrected chi connectivity index (χ4v) is 4.04. The summed E-state index contributed by atoms with van der Waals surface area (Å²) in [5.41, 5.74) is 2.48. The first-order valence-corrected chi connectivity index (χ1v) is 9.16. The fraction of sp³-hybridized carbons (Fsp3) is 0.105. The van der Waals surface area contributed by atoms with E-state index in [0.717, 1.165) is 11.1 Å². The first-order valence-electron chi connectivity index (χ1n) is 8.11. The molecule has 4 rings (SSSR count). The van der Waals surface area contributed by atoms with E-state index < -0.39 is 5.97 Å². The van der Waals surface area contributed by atoms with E-state index in [9.17, 15) is 14.0 Å². The maximum atomic E-state index is 13.3. The van der Waals surface area contributed by atoms with E-state index in [4.69, 9.17) is 5.11 Å². The van der Waals surface area contributed by atoms with Crippen molar-refractivity contribution in [2.45, 2.75) is 5.25 Å². The molecule has 2 N–H and O–H groups in total. The molecule has 136 valence electrons. The number of thioether (sulfide) groups is 1. The summed E-state index contributed by atoms with van der Waals surface area (Å²) in [5.74, 6) is -0.700. The Kier molecular flexibility index (Phi) is 4.41. The summed E-state index contributed by atoms with van der Waals surface area (Å²) in [4.78, 5) is 23.2. The van der Waals surface area contributed by atoms with Crippen molar-refractivity contribution in [3.05, 3.63) is 77.2 Å². The van der Waals surface area contributed by atoms with E-state index in [1.807, 2.05) is 0 Å². The molecule has 6 nitrogen and oxygen atoms in total. The predicted molar refractivity (Wildman–Crippen MR) is 99.9 cm³/mol. The second-order valence-electron chi connectivity index (χ2n) is 6.00. The number of carboxylic acids is 1. The van der Waals surface area contributed by atoms with Crippen molar-refractivity contribution in [2.24, 2.45) is 0 Å². The maximum absolute atomic E-state index is 13.3. The topological polar surface area (TPSA) is 84.2 Å². The monoisotopic (exact) mass is 383 g/mol. The Labute approximate surface area is 158 Å². The van der Waals surface area contributed by atoms with Gasteiger partial charge in [-0.25, -0.2) is 13.9 Å². The lowest BCUT2D eigenvalue weighted by atomic mass is 10.1. The van der Waals surface area contributed by atoms with Gasteiger partial charge in [0, 0.05) is 5.56 Å². The number of rotatable bonds is 3. The molecule has 0 bridgehead atoms. The van der Waals surface area contributed by atoms with Gasteiger partial charge in [0.25, 0.3) is 0 Å². The molecule has 0 radical (unpaired) electrons. The highest BCUT2D eigenvalue weighted by Crippen LogP contribution is 2.42. The number of carboxylic acid groups (broad SMARTS) is 1. The summed E-state index contributed by atoms with van der Waals surface area (Å²) in [5, 5.41) is 16.1. The zero-order valence-corrected chi connectivity index (χ0v) is 14.7. The minimum absolute atomic E-state index is 0.158. The molecule has 3 aromatic rings. The minimum Gasteiger partial charge on any atom is -0.478 e. The van der Waals surface area contributed by atoms with Crippen LogP contribution in [0.3, 0.4) is 0 Å². The second-order valence-corrected chi connectivity index (χ2v) is 7.10. The van der Waals surface area contributed by atoms with Crippen molar-refractivity contribution >= 4 is 29.5 Å². The van der Waals surface area contributed by atoms with Crippen LogP contribution >= 0.6 is 11.8 Å². The quantitative estimate of drug-likeness (QED) is 0.723. The Morgan fingerprint density at radius 3 is 2.56 bits per heavy atom. The van der Waals surface area contributed by atoms with Crippen LogP contribution in [-0.4, -0.2) is 32.5 Å². The number of aromatic nitrogens is 2. The number of halogens is 1. The molecule has 1 amide bonds. The van der Waals surface area contributed by atoms with Crippen molar-refractivity contribution < 1.29 is 19.1 Å². The molecule has 0 aliphatic carbocycles. The molecule has 0 saturated heterocycles. The maximum Gasteiger partial charge on any atom is 0.335 e. The van der Waals surface area contributed by atoms with Crippen LogP contribution in [-0.2, 0) is 4.79 Å². The van der Waals surface area contributed by atoms with Crippen LogP contribution in [0.2, 0.25) is 0 Å². The summed E-state index contributed by atoms with van der Waals surface area (Å²) < 4.78 is 14.8. The van der Waals surface area contributed by atoms with Crippen molar-refractivity contribution in [3.8, 4) is 5.69 Å². The Morgan fingerprint density at radius 1 is 1.19 bits per heavy atom. The van der Waals surface area contributed by atoms with Gasteiger partial charge < -0.3 is 10.4 Å².